The predicted octanol–water partition coefficient (Wildman–Crippen LogP) is 0.918. The van der Waals surface area contributed by atoms with Crippen molar-refractivity contribution < 1.29 is 19.4 Å². The van der Waals surface area contributed by atoms with Gasteiger partial charge >= 0.3 is 12.0 Å². The molecule has 0 aromatic rings. The minimum absolute atomic E-state index is 0.139. The molecule has 1 heterocycles. The summed E-state index contributed by atoms with van der Waals surface area (Å²) in [5, 5.41) is 12.0. The Morgan fingerprint density at radius 1 is 1.47 bits per heavy atom. The highest BCUT2D eigenvalue weighted by Crippen LogP contribution is 2.29. The number of carboxylic acids is 1. The zero-order chi connectivity index (χ0) is 14.0. The molecule has 1 saturated heterocycles. The number of ether oxygens (including phenoxy) is 1. The minimum Gasteiger partial charge on any atom is -0.481 e. The van der Waals surface area contributed by atoms with E-state index in [0.29, 0.717) is 5.92 Å². The number of urea groups is 1. The molecule has 1 aliphatic carbocycles. The molecule has 2 N–H and O–H groups in total. The van der Waals surface area contributed by atoms with Crippen molar-refractivity contribution in [3.63, 3.8) is 0 Å². The Morgan fingerprint density at radius 3 is 2.68 bits per heavy atom. The second kappa shape index (κ2) is 5.36. The number of carbonyl (C=O) groups excluding carboxylic acids is 1. The van der Waals surface area contributed by atoms with Crippen LogP contribution in [0.15, 0.2) is 0 Å². The minimum atomic E-state index is -1.03. The van der Waals surface area contributed by atoms with Gasteiger partial charge in [-0.15, -0.1) is 0 Å². The van der Waals surface area contributed by atoms with Crippen LogP contribution in [0.2, 0.25) is 0 Å². The van der Waals surface area contributed by atoms with Gasteiger partial charge in [-0.3, -0.25) is 4.79 Å². The number of nitrogens with one attached hydrogen (secondary N) is 1. The maximum Gasteiger partial charge on any atom is 0.317 e. The summed E-state index contributed by atoms with van der Waals surface area (Å²) in [5.41, 5.74) is -1.03. The Labute approximate surface area is 113 Å². The second-order valence-electron chi connectivity index (χ2n) is 5.92. The first-order chi connectivity index (χ1) is 8.93. The number of hydrogen-bond donors (Lipinski definition) is 2. The lowest BCUT2D eigenvalue weighted by Crippen LogP contribution is -2.53. The van der Waals surface area contributed by atoms with Crippen LogP contribution in [0.1, 0.15) is 26.2 Å². The molecule has 2 unspecified atom stereocenters. The van der Waals surface area contributed by atoms with Gasteiger partial charge in [-0.1, -0.05) is 6.42 Å². The van der Waals surface area contributed by atoms with Gasteiger partial charge in [0.15, 0.2) is 0 Å². The molecular weight excluding hydrogens is 248 g/mol. The first kappa shape index (κ1) is 14.1. The van der Waals surface area contributed by atoms with Crippen LogP contribution in [0.3, 0.4) is 0 Å². The summed E-state index contributed by atoms with van der Waals surface area (Å²) in [7, 11) is 1.75. The summed E-state index contributed by atoms with van der Waals surface area (Å²) in [6, 6.07) is -0.684. The van der Waals surface area contributed by atoms with E-state index in [0.717, 1.165) is 6.54 Å². The lowest BCUT2D eigenvalue weighted by molar-refractivity contribution is -0.148. The third-order valence-electron chi connectivity index (χ3n) is 4.35. The van der Waals surface area contributed by atoms with Crippen molar-refractivity contribution >= 4 is 12.0 Å². The Hall–Kier alpha value is -1.30. The summed E-state index contributed by atoms with van der Waals surface area (Å²) in [5.74, 6) is -0.335. The smallest absolute Gasteiger partial charge is 0.317 e. The molecule has 1 saturated carbocycles. The number of nitrogens with zero attached hydrogens (tertiary/aromatic N) is 1. The monoisotopic (exact) mass is 270 g/mol. The highest BCUT2D eigenvalue weighted by Gasteiger charge is 2.47. The Morgan fingerprint density at radius 2 is 2.16 bits per heavy atom. The van der Waals surface area contributed by atoms with Gasteiger partial charge in [-0.25, -0.2) is 4.79 Å². The Kier molecular flexibility index (Phi) is 3.99. The number of rotatable bonds is 4. The van der Waals surface area contributed by atoms with Crippen molar-refractivity contribution in [2.75, 3.05) is 26.8 Å². The summed E-state index contributed by atoms with van der Waals surface area (Å²) < 4.78 is 5.21. The van der Waals surface area contributed by atoms with Crippen molar-refractivity contribution in [3.8, 4) is 0 Å². The van der Waals surface area contributed by atoms with E-state index >= 15 is 0 Å². The largest absolute Gasteiger partial charge is 0.481 e. The SMILES string of the molecule is CN(CC1CCC1)C(=O)NC1COCC1(C)C(=O)O. The van der Waals surface area contributed by atoms with Crippen molar-refractivity contribution in [2.24, 2.45) is 11.3 Å². The molecular formula is C13H22N2O4. The van der Waals surface area contributed by atoms with Crippen molar-refractivity contribution in [3.05, 3.63) is 0 Å². The molecule has 2 aliphatic rings. The summed E-state index contributed by atoms with van der Waals surface area (Å²) in [4.78, 5) is 25.0. The number of carbonyl (C=O) groups is 2. The molecule has 2 fully saturated rings. The fraction of sp³-hybridized carbons (Fsp3) is 0.846. The van der Waals surface area contributed by atoms with Gasteiger partial charge in [0.2, 0.25) is 0 Å². The average Bonchev–Trinajstić information content (AvgIpc) is 2.66. The standard InChI is InChI=1S/C13H22N2O4/c1-13(11(16)17)8-19-7-10(13)14-12(18)15(2)6-9-4-3-5-9/h9-10H,3-8H2,1-2H3,(H,14,18)(H,16,17). The number of aliphatic carboxylic acids is 1. The van der Waals surface area contributed by atoms with Crippen LogP contribution in [-0.2, 0) is 9.53 Å². The van der Waals surface area contributed by atoms with Gasteiger partial charge in [-0.05, 0) is 25.7 Å². The van der Waals surface area contributed by atoms with Gasteiger partial charge in [0, 0.05) is 13.6 Å². The summed E-state index contributed by atoms with van der Waals surface area (Å²) in [6.07, 6.45) is 3.60. The molecule has 108 valence electrons. The highest BCUT2D eigenvalue weighted by atomic mass is 16.5. The molecule has 2 atom stereocenters. The average molecular weight is 270 g/mol. The van der Waals surface area contributed by atoms with Crippen LogP contribution >= 0.6 is 0 Å². The zero-order valence-corrected chi connectivity index (χ0v) is 11.5. The third-order valence-corrected chi connectivity index (χ3v) is 4.35. The Balaban J connectivity index is 1.88. The molecule has 0 bridgehead atoms. The van der Waals surface area contributed by atoms with E-state index in [2.05, 4.69) is 5.32 Å². The molecule has 0 spiro atoms. The van der Waals surface area contributed by atoms with E-state index in [1.807, 2.05) is 0 Å². The van der Waals surface area contributed by atoms with Gasteiger partial charge < -0.3 is 20.1 Å². The van der Waals surface area contributed by atoms with Gasteiger partial charge in [-0.2, -0.15) is 0 Å². The molecule has 6 nitrogen and oxygen atoms in total. The molecule has 0 aromatic heterocycles. The van der Waals surface area contributed by atoms with Crippen molar-refractivity contribution in [1.29, 1.82) is 0 Å². The Bertz CT molecular complexity index is 370. The van der Waals surface area contributed by atoms with E-state index in [4.69, 9.17) is 4.74 Å². The molecule has 19 heavy (non-hydrogen) atoms. The van der Waals surface area contributed by atoms with Crippen LogP contribution in [0.4, 0.5) is 4.79 Å². The second-order valence-corrected chi connectivity index (χ2v) is 5.92. The molecule has 0 radical (unpaired) electrons. The maximum atomic E-state index is 12.1. The lowest BCUT2D eigenvalue weighted by Gasteiger charge is -2.32. The maximum absolute atomic E-state index is 12.1. The summed E-state index contributed by atoms with van der Waals surface area (Å²) >= 11 is 0. The van der Waals surface area contributed by atoms with E-state index in [1.165, 1.54) is 19.3 Å². The van der Waals surface area contributed by atoms with Gasteiger partial charge in [0.05, 0.1) is 19.3 Å². The fourth-order valence-electron chi connectivity index (χ4n) is 2.49. The molecule has 2 amide bonds. The van der Waals surface area contributed by atoms with E-state index in [1.54, 1.807) is 18.9 Å². The van der Waals surface area contributed by atoms with E-state index < -0.39 is 17.4 Å². The van der Waals surface area contributed by atoms with Crippen LogP contribution in [0.5, 0.6) is 0 Å². The molecule has 0 aromatic carbocycles. The first-order valence-electron chi connectivity index (χ1n) is 6.76. The normalized spacial score (nSPS) is 30.7. The molecule has 2 rings (SSSR count). The number of carboxylic acid groups (broad SMARTS) is 1. The van der Waals surface area contributed by atoms with Crippen LogP contribution in [-0.4, -0.2) is 54.9 Å². The van der Waals surface area contributed by atoms with Gasteiger partial charge in [0.1, 0.15) is 5.41 Å². The summed E-state index contributed by atoms with van der Waals surface area (Å²) in [6.45, 7) is 2.74. The first-order valence-corrected chi connectivity index (χ1v) is 6.76. The van der Waals surface area contributed by atoms with Crippen LogP contribution in [0.25, 0.3) is 0 Å². The zero-order valence-electron chi connectivity index (χ0n) is 11.5. The molecule has 6 heteroatoms. The van der Waals surface area contributed by atoms with Gasteiger partial charge in [0.25, 0.3) is 0 Å². The highest BCUT2D eigenvalue weighted by molar-refractivity contribution is 5.79. The lowest BCUT2D eigenvalue weighted by atomic mass is 9.85. The fourth-order valence-corrected chi connectivity index (χ4v) is 2.49. The van der Waals surface area contributed by atoms with E-state index in [9.17, 15) is 14.7 Å². The van der Waals surface area contributed by atoms with Crippen LogP contribution in [0, 0.1) is 11.3 Å². The van der Waals surface area contributed by atoms with E-state index in [-0.39, 0.29) is 19.2 Å². The van der Waals surface area contributed by atoms with Crippen molar-refractivity contribution in [2.45, 2.75) is 32.2 Å². The van der Waals surface area contributed by atoms with Crippen molar-refractivity contribution in [1.82, 2.24) is 10.2 Å². The molecule has 1 aliphatic heterocycles. The number of amides is 2. The number of hydrogen-bond acceptors (Lipinski definition) is 3. The predicted molar refractivity (Wildman–Crippen MR) is 68.9 cm³/mol. The topological polar surface area (TPSA) is 78.9 Å². The third kappa shape index (κ3) is 2.83. The van der Waals surface area contributed by atoms with Crippen LogP contribution < -0.4 is 5.32 Å². The quantitative estimate of drug-likeness (QED) is 0.796.